The standard InChI is InChI=1S/C28H14N2S/c1-2-6-21(5-1)9-10-23-11-13-24(14-12-23)16-18-26-20-19-25(27-28(26)30-31-29-27)17-15-22-7-3-4-8-22/h1-8,11-14,19-20H. The van der Waals surface area contributed by atoms with Crippen LogP contribution in [-0.2, 0) is 0 Å². The molecule has 2 aromatic carbocycles. The van der Waals surface area contributed by atoms with Crippen LogP contribution in [0, 0.1) is 98.7 Å². The Bertz CT molecular complexity index is 1250. The van der Waals surface area contributed by atoms with Crippen LogP contribution in [0.25, 0.3) is 11.0 Å². The minimum atomic E-state index is 0.795. The number of fused-ring (bicyclic) bond motifs is 1. The van der Waals surface area contributed by atoms with Crippen molar-refractivity contribution in [1.29, 1.82) is 0 Å². The molecule has 2 saturated carbocycles. The molecule has 2 nitrogen and oxygen atoms in total. The fourth-order valence-electron chi connectivity index (χ4n) is 3.04. The number of hydrogen-bond acceptors (Lipinski definition) is 3. The van der Waals surface area contributed by atoms with Crippen LogP contribution in [-0.4, -0.2) is 8.75 Å². The van der Waals surface area contributed by atoms with Gasteiger partial charge >= 0.3 is 0 Å². The summed E-state index contributed by atoms with van der Waals surface area (Å²) in [4.78, 5) is 0. The highest BCUT2D eigenvalue weighted by molar-refractivity contribution is 7.00. The third-order valence-corrected chi connectivity index (χ3v) is 5.19. The predicted octanol–water partition coefficient (Wildman–Crippen LogP) is 4.60. The zero-order chi connectivity index (χ0) is 20.9. The monoisotopic (exact) mass is 410 g/mol. The van der Waals surface area contributed by atoms with Crippen LogP contribution >= 0.6 is 11.7 Å². The minimum Gasteiger partial charge on any atom is -0.172 e. The molecule has 0 bridgehead atoms. The molecule has 0 aliphatic heterocycles. The van der Waals surface area contributed by atoms with Crippen molar-refractivity contribution in [3.63, 3.8) is 0 Å². The SMILES string of the molecule is C(#Cc1ccc(C#Cc2ccc(C#C[C]3[CH][CH][CH][CH]3)c3nsnc23)cc1)[C]1[CH][CH][CH][CH]1. The first kappa shape index (κ1) is 19.9. The molecule has 5 rings (SSSR count). The Balaban J connectivity index is 1.34. The lowest BCUT2D eigenvalue weighted by Crippen LogP contribution is -1.88. The minimum absolute atomic E-state index is 0.795. The van der Waals surface area contributed by atoms with Gasteiger partial charge in [-0.05, 0) is 87.8 Å². The van der Waals surface area contributed by atoms with Gasteiger partial charge in [0.05, 0.1) is 34.7 Å². The maximum atomic E-state index is 4.44. The molecule has 0 N–H and O–H groups in total. The lowest BCUT2D eigenvalue weighted by molar-refractivity contribution is 1.43. The number of hydrogen-bond donors (Lipinski definition) is 0. The molecule has 1 heterocycles. The van der Waals surface area contributed by atoms with Crippen LogP contribution in [0.4, 0.5) is 0 Å². The van der Waals surface area contributed by atoms with Gasteiger partial charge in [-0.2, -0.15) is 8.75 Å². The fraction of sp³-hybridized carbons (Fsp3) is 0. The predicted molar refractivity (Wildman–Crippen MR) is 124 cm³/mol. The molecule has 0 saturated heterocycles. The van der Waals surface area contributed by atoms with E-state index < -0.39 is 0 Å². The van der Waals surface area contributed by atoms with E-state index in [2.05, 4.69) is 44.3 Å². The summed E-state index contributed by atoms with van der Waals surface area (Å²) in [5.41, 5.74) is 5.20. The molecule has 0 spiro atoms. The topological polar surface area (TPSA) is 25.8 Å². The average molecular weight is 411 g/mol. The largest absolute Gasteiger partial charge is 0.172 e. The van der Waals surface area contributed by atoms with Crippen LogP contribution in [0.3, 0.4) is 0 Å². The van der Waals surface area contributed by atoms with Gasteiger partial charge in [-0.3, -0.25) is 0 Å². The Morgan fingerprint density at radius 3 is 1.42 bits per heavy atom. The highest BCUT2D eigenvalue weighted by Crippen LogP contribution is 2.24. The molecule has 3 aromatic rings. The van der Waals surface area contributed by atoms with Crippen molar-refractivity contribution in [2.45, 2.75) is 0 Å². The third-order valence-electron chi connectivity index (χ3n) is 4.66. The molecular formula is C28H14N2S. The summed E-state index contributed by atoms with van der Waals surface area (Å²) >= 11 is 1.18. The van der Waals surface area contributed by atoms with Gasteiger partial charge in [0.15, 0.2) is 0 Å². The van der Waals surface area contributed by atoms with Gasteiger partial charge in [-0.15, -0.1) is 0 Å². The second kappa shape index (κ2) is 9.39. The van der Waals surface area contributed by atoms with Crippen molar-refractivity contribution in [1.82, 2.24) is 8.75 Å². The highest BCUT2D eigenvalue weighted by Gasteiger charge is 2.15. The summed E-state index contributed by atoms with van der Waals surface area (Å²) in [6.07, 6.45) is 15.9. The highest BCUT2D eigenvalue weighted by atomic mass is 32.1. The third kappa shape index (κ3) is 4.82. The van der Waals surface area contributed by atoms with Crippen molar-refractivity contribution in [2.24, 2.45) is 0 Å². The Morgan fingerprint density at radius 2 is 0.903 bits per heavy atom. The average Bonchev–Trinajstić information content (AvgIpc) is 3.58. The quantitative estimate of drug-likeness (QED) is 0.506. The van der Waals surface area contributed by atoms with Crippen LogP contribution in [0.1, 0.15) is 22.3 Å². The number of nitrogens with zero attached hydrogens (tertiary/aromatic N) is 2. The normalized spacial score (nSPS) is 16.3. The van der Waals surface area contributed by atoms with Gasteiger partial charge in [0.1, 0.15) is 11.0 Å². The van der Waals surface area contributed by atoms with Crippen molar-refractivity contribution in [3.8, 4) is 35.5 Å². The zero-order valence-electron chi connectivity index (χ0n) is 16.4. The first-order valence-corrected chi connectivity index (χ1v) is 10.4. The van der Waals surface area contributed by atoms with Gasteiger partial charge in [0.2, 0.25) is 0 Å². The summed E-state index contributed by atoms with van der Waals surface area (Å²) in [5, 5.41) is 0. The summed E-state index contributed by atoms with van der Waals surface area (Å²) < 4.78 is 8.87. The first-order chi connectivity index (χ1) is 15.3. The fourth-order valence-corrected chi connectivity index (χ4v) is 3.62. The smallest absolute Gasteiger partial charge is 0.121 e. The van der Waals surface area contributed by atoms with Gasteiger partial charge in [0, 0.05) is 11.1 Å². The first-order valence-electron chi connectivity index (χ1n) is 9.70. The molecule has 2 fully saturated rings. The molecule has 3 heteroatoms. The second-order valence-electron chi connectivity index (χ2n) is 6.80. The Kier molecular flexibility index (Phi) is 6.02. The summed E-state index contributed by atoms with van der Waals surface area (Å²) in [6.45, 7) is 0. The number of benzene rings is 2. The zero-order valence-corrected chi connectivity index (χ0v) is 17.2. The van der Waals surface area contributed by atoms with E-state index in [4.69, 9.17) is 0 Å². The van der Waals surface area contributed by atoms with Crippen molar-refractivity contribution < 1.29 is 0 Å². The molecular weight excluding hydrogens is 396 g/mol. The van der Waals surface area contributed by atoms with Crippen LogP contribution in [0.5, 0.6) is 0 Å². The maximum absolute atomic E-state index is 4.44. The van der Waals surface area contributed by atoms with Gasteiger partial charge < -0.3 is 0 Å². The van der Waals surface area contributed by atoms with Gasteiger partial charge in [0.25, 0.3) is 0 Å². The van der Waals surface area contributed by atoms with E-state index in [1.165, 1.54) is 11.7 Å². The second-order valence-corrected chi connectivity index (χ2v) is 7.33. The van der Waals surface area contributed by atoms with Crippen molar-refractivity contribution >= 4 is 22.8 Å². The van der Waals surface area contributed by atoms with Crippen molar-refractivity contribution in [2.75, 3.05) is 0 Å². The number of rotatable bonds is 0. The molecule has 31 heavy (non-hydrogen) atoms. The number of aromatic nitrogens is 2. The maximum Gasteiger partial charge on any atom is 0.121 e. The van der Waals surface area contributed by atoms with Crippen molar-refractivity contribution in [3.05, 3.63) is 122 Å². The molecule has 1 aromatic heterocycles. The van der Waals surface area contributed by atoms with Gasteiger partial charge in [-0.25, -0.2) is 0 Å². The molecule has 10 radical (unpaired) electrons. The lowest BCUT2D eigenvalue weighted by Gasteiger charge is -1.97. The summed E-state index contributed by atoms with van der Waals surface area (Å²) in [7, 11) is 0. The molecule has 142 valence electrons. The Hall–Kier alpha value is -3.06. The van der Waals surface area contributed by atoms with Crippen LogP contribution in [0.15, 0.2) is 36.4 Å². The summed E-state index contributed by atoms with van der Waals surface area (Å²) in [6, 6.07) is 11.9. The van der Waals surface area contributed by atoms with E-state index in [1.807, 2.05) is 87.8 Å². The van der Waals surface area contributed by atoms with Gasteiger partial charge in [-0.1, -0.05) is 35.5 Å². The van der Waals surface area contributed by atoms with E-state index in [0.29, 0.717) is 0 Å². The van der Waals surface area contributed by atoms with E-state index in [9.17, 15) is 0 Å². The molecule has 2 aliphatic carbocycles. The van der Waals surface area contributed by atoms with E-state index in [0.717, 1.165) is 45.1 Å². The van der Waals surface area contributed by atoms with E-state index >= 15 is 0 Å². The Morgan fingerprint density at radius 1 is 0.484 bits per heavy atom. The van der Waals surface area contributed by atoms with E-state index in [-0.39, 0.29) is 0 Å². The van der Waals surface area contributed by atoms with E-state index in [1.54, 1.807) is 0 Å². The Labute approximate surface area is 188 Å². The molecule has 0 atom stereocenters. The van der Waals surface area contributed by atoms with Crippen LogP contribution in [0.2, 0.25) is 0 Å². The molecule has 0 unspecified atom stereocenters. The molecule has 2 aliphatic rings. The molecule has 0 amide bonds. The summed E-state index contributed by atoms with van der Waals surface area (Å²) in [5.74, 6) is 21.1. The van der Waals surface area contributed by atoms with Crippen LogP contribution < -0.4 is 0 Å². The lowest BCUT2D eigenvalue weighted by atomic mass is 10.1.